The van der Waals surface area contributed by atoms with E-state index >= 15 is 0 Å². The van der Waals surface area contributed by atoms with E-state index in [0.29, 0.717) is 18.3 Å². The number of nitrogens with one attached hydrogen (secondary N) is 1. The second-order valence-corrected chi connectivity index (χ2v) is 6.83. The molecule has 6 heteroatoms. The predicted octanol–water partition coefficient (Wildman–Crippen LogP) is 2.84. The molecule has 0 spiro atoms. The first-order valence-corrected chi connectivity index (χ1v) is 8.85. The first-order chi connectivity index (χ1) is 12.1. The Morgan fingerprint density at radius 1 is 1.32 bits per heavy atom. The number of amides is 1. The third kappa shape index (κ3) is 5.39. The van der Waals surface area contributed by atoms with Crippen LogP contribution >= 0.6 is 0 Å². The van der Waals surface area contributed by atoms with E-state index in [2.05, 4.69) is 15.3 Å². The number of carbonyl (C=O) groups is 1. The van der Waals surface area contributed by atoms with Gasteiger partial charge in [0.05, 0.1) is 6.54 Å². The summed E-state index contributed by atoms with van der Waals surface area (Å²) < 4.78 is 14.6. The molecule has 1 aromatic heterocycles. The molecule has 1 saturated heterocycles. The summed E-state index contributed by atoms with van der Waals surface area (Å²) in [6, 6.07) is 8.54. The van der Waals surface area contributed by atoms with E-state index in [1.807, 2.05) is 25.4 Å². The second kappa shape index (κ2) is 8.25. The van der Waals surface area contributed by atoms with Gasteiger partial charge in [-0.05, 0) is 55.8 Å². The maximum absolute atomic E-state index is 13.0. The number of piperidine rings is 1. The minimum atomic E-state index is -0.188. The highest BCUT2D eigenvalue weighted by atomic mass is 19.1. The molecule has 0 radical (unpaired) electrons. The fourth-order valence-corrected chi connectivity index (χ4v) is 3.42. The van der Waals surface area contributed by atoms with Crippen LogP contribution in [0.4, 0.5) is 10.2 Å². The fraction of sp³-hybridized carbons (Fsp3) is 0.474. The van der Waals surface area contributed by atoms with Crippen molar-refractivity contribution in [1.29, 1.82) is 0 Å². The average Bonchev–Trinajstić information content (AvgIpc) is 2.99. The Bertz CT molecular complexity index is 698. The van der Waals surface area contributed by atoms with Crippen LogP contribution in [0, 0.1) is 11.7 Å². The number of carbonyl (C=O) groups excluding carboxylic acids is 1. The summed E-state index contributed by atoms with van der Waals surface area (Å²) in [6.45, 7) is 2.31. The lowest BCUT2D eigenvalue weighted by atomic mass is 9.91. The van der Waals surface area contributed by atoms with Gasteiger partial charge in [-0.2, -0.15) is 5.10 Å². The standard InChI is InChI=1S/C19H25FN4O/c1-23-12-10-18(22-23)21-19(25)14-24-11-2-3-16(13-24)5-4-15-6-8-17(20)9-7-15/h6-10,12,16H,2-5,11,13-14H2,1H3,(H,21,22,25). The minimum Gasteiger partial charge on any atom is -0.308 e. The molecule has 1 fully saturated rings. The predicted molar refractivity (Wildman–Crippen MR) is 95.7 cm³/mol. The van der Waals surface area contributed by atoms with Crippen LogP contribution in [0.2, 0.25) is 0 Å². The number of rotatable bonds is 6. The number of hydrogen-bond donors (Lipinski definition) is 1. The number of hydrogen-bond acceptors (Lipinski definition) is 3. The Hall–Kier alpha value is -2.21. The quantitative estimate of drug-likeness (QED) is 0.877. The molecule has 0 aliphatic carbocycles. The summed E-state index contributed by atoms with van der Waals surface area (Å²) in [5.41, 5.74) is 1.17. The van der Waals surface area contributed by atoms with Crippen LogP contribution in [-0.4, -0.2) is 40.2 Å². The molecule has 1 N–H and O–H groups in total. The van der Waals surface area contributed by atoms with Gasteiger partial charge in [0.25, 0.3) is 0 Å². The number of anilines is 1. The molecule has 1 aliphatic rings. The average molecular weight is 344 g/mol. The Morgan fingerprint density at radius 3 is 2.84 bits per heavy atom. The van der Waals surface area contributed by atoms with Crippen molar-refractivity contribution in [1.82, 2.24) is 14.7 Å². The lowest BCUT2D eigenvalue weighted by Gasteiger charge is -2.32. The molecular weight excluding hydrogens is 319 g/mol. The molecule has 5 nitrogen and oxygen atoms in total. The van der Waals surface area contributed by atoms with Crippen molar-refractivity contribution < 1.29 is 9.18 Å². The zero-order valence-corrected chi connectivity index (χ0v) is 14.6. The van der Waals surface area contributed by atoms with Crippen molar-refractivity contribution in [3.63, 3.8) is 0 Å². The van der Waals surface area contributed by atoms with Gasteiger partial charge in [-0.1, -0.05) is 12.1 Å². The molecular formula is C19H25FN4O. The molecule has 0 bridgehead atoms. The van der Waals surface area contributed by atoms with E-state index in [4.69, 9.17) is 0 Å². The molecule has 2 heterocycles. The van der Waals surface area contributed by atoms with Crippen LogP contribution in [0.3, 0.4) is 0 Å². The summed E-state index contributed by atoms with van der Waals surface area (Å²) in [5.74, 6) is 0.975. The van der Waals surface area contributed by atoms with E-state index in [-0.39, 0.29) is 11.7 Å². The summed E-state index contributed by atoms with van der Waals surface area (Å²) in [6.07, 6.45) is 6.15. The highest BCUT2D eigenvalue weighted by molar-refractivity contribution is 5.91. The SMILES string of the molecule is Cn1ccc(NC(=O)CN2CCCC(CCc3ccc(F)cc3)C2)n1. The van der Waals surface area contributed by atoms with Gasteiger partial charge in [-0.25, -0.2) is 4.39 Å². The first-order valence-electron chi connectivity index (χ1n) is 8.85. The molecule has 25 heavy (non-hydrogen) atoms. The highest BCUT2D eigenvalue weighted by Crippen LogP contribution is 2.21. The lowest BCUT2D eigenvalue weighted by Crippen LogP contribution is -2.40. The maximum Gasteiger partial charge on any atom is 0.239 e. The number of aromatic nitrogens is 2. The second-order valence-electron chi connectivity index (χ2n) is 6.83. The monoisotopic (exact) mass is 344 g/mol. The Kier molecular flexibility index (Phi) is 5.81. The number of benzene rings is 1. The van der Waals surface area contributed by atoms with Gasteiger partial charge in [0.2, 0.25) is 5.91 Å². The van der Waals surface area contributed by atoms with E-state index in [1.165, 1.54) is 24.1 Å². The molecule has 1 aliphatic heterocycles. The topological polar surface area (TPSA) is 50.2 Å². The van der Waals surface area contributed by atoms with Crippen molar-refractivity contribution in [3.8, 4) is 0 Å². The third-order valence-electron chi connectivity index (χ3n) is 4.71. The van der Waals surface area contributed by atoms with Gasteiger partial charge < -0.3 is 5.32 Å². The molecule has 134 valence electrons. The van der Waals surface area contributed by atoms with Crippen LogP contribution in [0.15, 0.2) is 36.5 Å². The third-order valence-corrected chi connectivity index (χ3v) is 4.71. The van der Waals surface area contributed by atoms with E-state index < -0.39 is 0 Å². The van der Waals surface area contributed by atoms with Gasteiger partial charge >= 0.3 is 0 Å². The molecule has 1 amide bonds. The summed E-state index contributed by atoms with van der Waals surface area (Å²) in [4.78, 5) is 14.4. The number of aryl methyl sites for hydroxylation is 2. The van der Waals surface area contributed by atoms with Gasteiger partial charge in [0.15, 0.2) is 5.82 Å². The maximum atomic E-state index is 13.0. The fourth-order valence-electron chi connectivity index (χ4n) is 3.42. The molecule has 1 aromatic carbocycles. The van der Waals surface area contributed by atoms with Crippen LogP contribution in [0.5, 0.6) is 0 Å². The molecule has 1 atom stereocenters. The lowest BCUT2D eigenvalue weighted by molar-refractivity contribution is -0.117. The minimum absolute atomic E-state index is 0.0158. The van der Waals surface area contributed by atoms with Crippen LogP contribution in [0.1, 0.15) is 24.8 Å². The molecule has 3 rings (SSSR count). The molecule has 1 unspecified atom stereocenters. The highest BCUT2D eigenvalue weighted by Gasteiger charge is 2.21. The zero-order chi connectivity index (χ0) is 17.6. The number of nitrogens with zero attached hydrogens (tertiary/aromatic N) is 3. The molecule has 2 aromatic rings. The van der Waals surface area contributed by atoms with Gasteiger partial charge in [0.1, 0.15) is 5.82 Å². The van der Waals surface area contributed by atoms with Gasteiger partial charge in [-0.15, -0.1) is 0 Å². The van der Waals surface area contributed by atoms with Crippen molar-refractivity contribution >= 4 is 11.7 Å². The molecule has 0 saturated carbocycles. The van der Waals surface area contributed by atoms with Crippen molar-refractivity contribution in [2.75, 3.05) is 25.0 Å². The van der Waals surface area contributed by atoms with Gasteiger partial charge in [-0.3, -0.25) is 14.4 Å². The Morgan fingerprint density at radius 2 is 2.12 bits per heavy atom. The Labute approximate surface area is 147 Å². The van der Waals surface area contributed by atoms with E-state index in [0.717, 1.165) is 32.4 Å². The van der Waals surface area contributed by atoms with Crippen LogP contribution in [-0.2, 0) is 18.3 Å². The van der Waals surface area contributed by atoms with E-state index in [1.54, 1.807) is 10.7 Å². The smallest absolute Gasteiger partial charge is 0.239 e. The van der Waals surface area contributed by atoms with Crippen molar-refractivity contribution in [3.05, 3.63) is 47.9 Å². The summed E-state index contributed by atoms with van der Waals surface area (Å²) in [7, 11) is 1.83. The zero-order valence-electron chi connectivity index (χ0n) is 14.6. The van der Waals surface area contributed by atoms with E-state index in [9.17, 15) is 9.18 Å². The Balaban J connectivity index is 1.44. The normalized spacial score (nSPS) is 18.2. The number of halogens is 1. The van der Waals surface area contributed by atoms with Crippen LogP contribution in [0.25, 0.3) is 0 Å². The first kappa shape index (κ1) is 17.6. The largest absolute Gasteiger partial charge is 0.308 e. The van der Waals surface area contributed by atoms with Gasteiger partial charge in [0, 0.05) is 25.9 Å². The van der Waals surface area contributed by atoms with Crippen molar-refractivity contribution in [2.24, 2.45) is 13.0 Å². The summed E-state index contributed by atoms with van der Waals surface area (Å²) in [5, 5.41) is 7.01. The van der Waals surface area contributed by atoms with Crippen LogP contribution < -0.4 is 5.32 Å². The summed E-state index contributed by atoms with van der Waals surface area (Å²) >= 11 is 0. The number of likely N-dealkylation sites (tertiary alicyclic amines) is 1. The van der Waals surface area contributed by atoms with Crippen molar-refractivity contribution in [2.45, 2.75) is 25.7 Å².